The van der Waals surface area contributed by atoms with Crippen molar-refractivity contribution in [2.24, 2.45) is 5.73 Å². The molecule has 0 aliphatic heterocycles. The van der Waals surface area contributed by atoms with E-state index in [4.69, 9.17) is 10.5 Å². The molecular weight excluding hydrogens is 358 g/mol. The number of H-pyrrole nitrogens is 1. The van der Waals surface area contributed by atoms with E-state index in [0.717, 1.165) is 22.0 Å². The number of fused-ring (bicyclic) bond motifs is 1. The van der Waals surface area contributed by atoms with Crippen LogP contribution in [0.5, 0.6) is 0 Å². The smallest absolute Gasteiger partial charge is 0.331 e. The molecule has 5 N–H and O–H groups in total. The Morgan fingerprint density at radius 1 is 1.11 bits per heavy atom. The van der Waals surface area contributed by atoms with Gasteiger partial charge in [0.15, 0.2) is 6.04 Å². The standard InChI is InChI=1S/C21H23N3O4/c22-17(10-15-11-23-18-9-5-4-8-16(15)18)20(26)24-19(12-25)21(27)28-13-14-6-2-1-3-7-14/h1-9,11,17,19,23,25H,10,12-13,22H2,(H,24,26). The Labute approximate surface area is 162 Å². The van der Waals surface area contributed by atoms with Crippen molar-refractivity contribution in [1.29, 1.82) is 0 Å². The minimum atomic E-state index is -1.16. The molecule has 3 rings (SSSR count). The van der Waals surface area contributed by atoms with Gasteiger partial charge in [-0.05, 0) is 23.6 Å². The number of hydrogen-bond donors (Lipinski definition) is 4. The minimum Gasteiger partial charge on any atom is -0.459 e. The number of aliphatic hydroxyl groups excluding tert-OH is 1. The summed E-state index contributed by atoms with van der Waals surface area (Å²) in [5.41, 5.74) is 8.69. The van der Waals surface area contributed by atoms with E-state index in [2.05, 4.69) is 10.3 Å². The Kier molecular flexibility index (Phi) is 6.41. The van der Waals surface area contributed by atoms with Gasteiger partial charge in [-0.2, -0.15) is 0 Å². The summed E-state index contributed by atoms with van der Waals surface area (Å²) in [4.78, 5) is 27.7. The molecule has 0 aliphatic carbocycles. The van der Waals surface area contributed by atoms with Gasteiger partial charge in [-0.3, -0.25) is 4.79 Å². The summed E-state index contributed by atoms with van der Waals surface area (Å²) in [6.45, 7) is -0.507. The fraction of sp³-hybridized carbons (Fsp3) is 0.238. The van der Waals surface area contributed by atoms with Gasteiger partial charge in [0.25, 0.3) is 0 Å². The van der Waals surface area contributed by atoms with Crippen LogP contribution >= 0.6 is 0 Å². The first-order valence-corrected chi connectivity index (χ1v) is 9.01. The molecule has 7 heteroatoms. The number of aromatic nitrogens is 1. The van der Waals surface area contributed by atoms with Gasteiger partial charge in [0.2, 0.25) is 5.91 Å². The van der Waals surface area contributed by atoms with E-state index in [9.17, 15) is 14.7 Å². The molecule has 2 aromatic carbocycles. The highest BCUT2D eigenvalue weighted by Crippen LogP contribution is 2.18. The molecule has 7 nitrogen and oxygen atoms in total. The number of amides is 1. The molecule has 1 heterocycles. The summed E-state index contributed by atoms with van der Waals surface area (Å²) in [6.07, 6.45) is 2.11. The lowest BCUT2D eigenvalue weighted by Gasteiger charge is -2.18. The highest BCUT2D eigenvalue weighted by Gasteiger charge is 2.25. The number of ether oxygens (including phenoxy) is 1. The van der Waals surface area contributed by atoms with E-state index in [-0.39, 0.29) is 6.61 Å². The molecule has 1 amide bonds. The third-order valence-corrected chi connectivity index (χ3v) is 4.46. The lowest BCUT2D eigenvalue weighted by molar-refractivity contribution is -0.150. The molecule has 3 aromatic rings. The minimum absolute atomic E-state index is 0.0629. The highest BCUT2D eigenvalue weighted by atomic mass is 16.5. The largest absolute Gasteiger partial charge is 0.459 e. The van der Waals surface area contributed by atoms with Gasteiger partial charge < -0.3 is 25.9 Å². The van der Waals surface area contributed by atoms with Gasteiger partial charge in [-0.25, -0.2) is 4.79 Å². The van der Waals surface area contributed by atoms with Crippen LogP contribution < -0.4 is 11.1 Å². The Morgan fingerprint density at radius 3 is 2.57 bits per heavy atom. The Morgan fingerprint density at radius 2 is 1.82 bits per heavy atom. The van der Waals surface area contributed by atoms with Crippen molar-refractivity contribution >= 4 is 22.8 Å². The summed E-state index contributed by atoms with van der Waals surface area (Å²) in [6, 6.07) is 14.8. The van der Waals surface area contributed by atoms with Gasteiger partial charge in [0, 0.05) is 17.1 Å². The number of nitrogens with one attached hydrogen (secondary N) is 2. The SMILES string of the molecule is NC(Cc1c[nH]c2ccccc12)C(=O)NC(CO)C(=O)OCc1ccccc1. The van der Waals surface area contributed by atoms with Gasteiger partial charge in [0.1, 0.15) is 6.61 Å². The number of aromatic amines is 1. The molecule has 1 aromatic heterocycles. The second-order valence-corrected chi connectivity index (χ2v) is 6.51. The van der Waals surface area contributed by atoms with Crippen LogP contribution in [0.25, 0.3) is 10.9 Å². The predicted molar refractivity (Wildman–Crippen MR) is 105 cm³/mol. The van der Waals surface area contributed by atoms with E-state index >= 15 is 0 Å². The number of aliphatic hydroxyl groups is 1. The quantitative estimate of drug-likeness (QED) is 0.438. The number of para-hydroxylation sites is 1. The summed E-state index contributed by atoms with van der Waals surface area (Å²) < 4.78 is 5.17. The zero-order valence-corrected chi connectivity index (χ0v) is 15.3. The monoisotopic (exact) mass is 381 g/mol. The number of rotatable bonds is 8. The third kappa shape index (κ3) is 4.76. The number of hydrogen-bond acceptors (Lipinski definition) is 5. The van der Waals surface area contributed by atoms with Gasteiger partial charge >= 0.3 is 5.97 Å². The van der Waals surface area contributed by atoms with Crippen LogP contribution in [-0.2, 0) is 27.4 Å². The van der Waals surface area contributed by atoms with E-state index < -0.39 is 30.6 Å². The summed E-state index contributed by atoms with van der Waals surface area (Å²) in [5, 5.41) is 12.9. The van der Waals surface area contributed by atoms with Crippen LogP contribution in [0.15, 0.2) is 60.8 Å². The van der Waals surface area contributed by atoms with E-state index in [1.54, 1.807) is 0 Å². The van der Waals surface area contributed by atoms with Crippen molar-refractivity contribution in [2.45, 2.75) is 25.1 Å². The summed E-state index contributed by atoms with van der Waals surface area (Å²) in [5.74, 6) is -1.24. The van der Waals surface area contributed by atoms with Crippen molar-refractivity contribution in [3.05, 3.63) is 71.9 Å². The normalized spacial score (nSPS) is 13.1. The summed E-state index contributed by atoms with van der Waals surface area (Å²) >= 11 is 0. The first-order chi connectivity index (χ1) is 13.6. The lowest BCUT2D eigenvalue weighted by Crippen LogP contribution is -2.51. The molecule has 0 saturated carbocycles. The molecule has 0 bridgehead atoms. The fourth-order valence-electron chi connectivity index (χ4n) is 2.92. The molecule has 0 spiro atoms. The number of carbonyl (C=O) groups excluding carboxylic acids is 2. The van der Waals surface area contributed by atoms with Crippen LogP contribution in [-0.4, -0.2) is 40.7 Å². The van der Waals surface area contributed by atoms with Gasteiger partial charge in [-0.15, -0.1) is 0 Å². The average molecular weight is 381 g/mol. The van der Waals surface area contributed by atoms with Crippen molar-refractivity contribution in [2.75, 3.05) is 6.61 Å². The number of carbonyl (C=O) groups is 2. The zero-order chi connectivity index (χ0) is 19.9. The number of benzene rings is 2. The zero-order valence-electron chi connectivity index (χ0n) is 15.3. The second kappa shape index (κ2) is 9.16. The molecule has 0 fully saturated rings. The molecule has 0 aliphatic rings. The molecule has 0 radical (unpaired) electrons. The van der Waals surface area contributed by atoms with Crippen LogP contribution in [0, 0.1) is 0 Å². The number of esters is 1. The van der Waals surface area contributed by atoms with E-state index in [0.29, 0.717) is 6.42 Å². The fourth-order valence-corrected chi connectivity index (χ4v) is 2.92. The molecule has 146 valence electrons. The second-order valence-electron chi connectivity index (χ2n) is 6.51. The number of nitrogens with two attached hydrogens (primary N) is 1. The Balaban J connectivity index is 1.55. The molecule has 2 atom stereocenters. The highest BCUT2D eigenvalue weighted by molar-refractivity contribution is 5.89. The first kappa shape index (κ1) is 19.6. The molecule has 2 unspecified atom stereocenters. The summed E-state index contributed by atoms with van der Waals surface area (Å²) in [7, 11) is 0. The average Bonchev–Trinajstić information content (AvgIpc) is 3.13. The van der Waals surface area contributed by atoms with Crippen molar-refractivity contribution in [1.82, 2.24) is 10.3 Å². The predicted octanol–water partition coefficient (Wildman–Crippen LogP) is 1.26. The van der Waals surface area contributed by atoms with Crippen LogP contribution in [0.3, 0.4) is 0 Å². The van der Waals surface area contributed by atoms with Gasteiger partial charge in [-0.1, -0.05) is 48.5 Å². The third-order valence-electron chi connectivity index (χ3n) is 4.46. The topological polar surface area (TPSA) is 117 Å². The van der Waals surface area contributed by atoms with Crippen LogP contribution in [0.1, 0.15) is 11.1 Å². The van der Waals surface area contributed by atoms with E-state index in [1.807, 2.05) is 60.8 Å². The van der Waals surface area contributed by atoms with E-state index in [1.165, 1.54) is 0 Å². The Hall–Kier alpha value is -3.16. The lowest BCUT2D eigenvalue weighted by atomic mass is 10.0. The molecular formula is C21H23N3O4. The van der Waals surface area contributed by atoms with Crippen LogP contribution in [0.4, 0.5) is 0 Å². The maximum atomic E-state index is 12.4. The van der Waals surface area contributed by atoms with Gasteiger partial charge in [0.05, 0.1) is 12.6 Å². The molecule has 0 saturated heterocycles. The maximum absolute atomic E-state index is 12.4. The van der Waals surface area contributed by atoms with Crippen LogP contribution in [0.2, 0.25) is 0 Å². The maximum Gasteiger partial charge on any atom is 0.331 e. The van der Waals surface area contributed by atoms with Crippen molar-refractivity contribution < 1.29 is 19.4 Å². The Bertz CT molecular complexity index is 939. The van der Waals surface area contributed by atoms with Crippen molar-refractivity contribution in [3.63, 3.8) is 0 Å². The molecule has 28 heavy (non-hydrogen) atoms. The first-order valence-electron chi connectivity index (χ1n) is 9.01. The van der Waals surface area contributed by atoms with Crippen molar-refractivity contribution in [3.8, 4) is 0 Å².